The monoisotopic (exact) mass is 428 g/mol. The number of aryl methyl sites for hydroxylation is 3. The zero-order chi connectivity index (χ0) is 22.2. The molecule has 1 aromatic carbocycles. The molecule has 3 aromatic heterocycles. The Bertz CT molecular complexity index is 1280. The van der Waals surface area contributed by atoms with E-state index in [1.54, 1.807) is 0 Å². The van der Waals surface area contributed by atoms with Gasteiger partial charge in [0.05, 0.1) is 22.3 Å². The second-order valence-electron chi connectivity index (χ2n) is 8.60. The molecule has 1 N–H and O–H groups in total. The third-order valence-electron chi connectivity index (χ3n) is 6.02. The van der Waals surface area contributed by atoms with Gasteiger partial charge in [-0.25, -0.2) is 9.67 Å². The van der Waals surface area contributed by atoms with E-state index in [2.05, 4.69) is 17.3 Å². The Morgan fingerprint density at radius 1 is 1.12 bits per heavy atom. The van der Waals surface area contributed by atoms with Crippen molar-refractivity contribution in [3.05, 3.63) is 65.1 Å². The van der Waals surface area contributed by atoms with Gasteiger partial charge in [-0.05, 0) is 51.3 Å². The third kappa shape index (κ3) is 3.79. The van der Waals surface area contributed by atoms with Crippen molar-refractivity contribution in [2.75, 3.05) is 5.32 Å². The highest BCUT2D eigenvalue weighted by molar-refractivity contribution is 6.12. The average Bonchev–Trinajstić information content (AvgIpc) is 3.52. The van der Waals surface area contributed by atoms with Crippen LogP contribution in [-0.2, 0) is 6.54 Å². The predicted molar refractivity (Wildman–Crippen MR) is 125 cm³/mol. The first-order valence-electron chi connectivity index (χ1n) is 11.4. The van der Waals surface area contributed by atoms with Crippen LogP contribution in [0.5, 0.6) is 0 Å². The molecule has 5 rings (SSSR count). The summed E-state index contributed by atoms with van der Waals surface area (Å²) in [4.78, 5) is 18.4. The Morgan fingerprint density at radius 3 is 2.62 bits per heavy atom. The lowest BCUT2D eigenvalue weighted by Gasteiger charge is -2.09. The van der Waals surface area contributed by atoms with E-state index in [9.17, 15) is 4.79 Å². The van der Waals surface area contributed by atoms with E-state index in [1.807, 2.05) is 65.7 Å². The number of hydrogen-bond donors (Lipinski definition) is 1. The largest absolute Gasteiger partial charge is 0.305 e. The number of para-hydroxylation sites is 1. The summed E-state index contributed by atoms with van der Waals surface area (Å²) in [5, 5.41) is 13.1. The summed E-state index contributed by atoms with van der Waals surface area (Å²) in [5.74, 6) is 0.825. The summed E-state index contributed by atoms with van der Waals surface area (Å²) in [6, 6.07) is 13.8. The number of anilines is 1. The zero-order valence-electron chi connectivity index (χ0n) is 18.8. The van der Waals surface area contributed by atoms with Gasteiger partial charge in [-0.1, -0.05) is 31.5 Å². The fraction of sp³-hybridized carbons (Fsp3) is 0.360. The van der Waals surface area contributed by atoms with Crippen LogP contribution in [0.3, 0.4) is 0 Å². The van der Waals surface area contributed by atoms with Crippen LogP contribution in [0.1, 0.15) is 66.0 Å². The molecule has 0 radical (unpaired) electrons. The number of benzene rings is 1. The smallest absolute Gasteiger partial charge is 0.257 e. The van der Waals surface area contributed by atoms with Crippen molar-refractivity contribution in [1.82, 2.24) is 24.5 Å². The number of unbranched alkanes of at least 4 members (excludes halogenated alkanes) is 1. The molecule has 3 heterocycles. The Hall–Kier alpha value is -3.48. The first kappa shape index (κ1) is 20.4. The number of nitrogens with zero attached hydrogens (tertiary/aromatic N) is 5. The van der Waals surface area contributed by atoms with Gasteiger partial charge in [-0.3, -0.25) is 9.48 Å². The van der Waals surface area contributed by atoms with E-state index < -0.39 is 0 Å². The van der Waals surface area contributed by atoms with E-state index in [0.29, 0.717) is 17.3 Å². The number of amides is 1. The number of carbonyl (C=O) groups excluding carboxylic acids is 1. The van der Waals surface area contributed by atoms with Crippen LogP contribution in [0.2, 0.25) is 0 Å². The molecule has 1 aliphatic rings. The molecule has 32 heavy (non-hydrogen) atoms. The van der Waals surface area contributed by atoms with E-state index in [0.717, 1.165) is 66.0 Å². The molecule has 0 spiro atoms. The van der Waals surface area contributed by atoms with Gasteiger partial charge in [0, 0.05) is 29.9 Å². The number of rotatable bonds is 7. The van der Waals surface area contributed by atoms with Crippen LogP contribution in [0.25, 0.3) is 16.7 Å². The van der Waals surface area contributed by atoms with E-state index >= 15 is 0 Å². The molecule has 1 fully saturated rings. The number of pyridine rings is 1. The Labute approximate surface area is 187 Å². The summed E-state index contributed by atoms with van der Waals surface area (Å²) >= 11 is 0. The van der Waals surface area contributed by atoms with Crippen molar-refractivity contribution in [1.29, 1.82) is 0 Å². The maximum atomic E-state index is 13.4. The molecule has 1 amide bonds. The molecule has 7 nitrogen and oxygen atoms in total. The van der Waals surface area contributed by atoms with Crippen LogP contribution in [0.15, 0.2) is 42.5 Å². The quantitative estimate of drug-likeness (QED) is 0.441. The number of hydrogen-bond acceptors (Lipinski definition) is 4. The lowest BCUT2D eigenvalue weighted by Crippen LogP contribution is -2.14. The summed E-state index contributed by atoms with van der Waals surface area (Å²) in [6.07, 6.45) is 4.38. The first-order chi connectivity index (χ1) is 15.5. The van der Waals surface area contributed by atoms with Crippen LogP contribution >= 0.6 is 0 Å². The lowest BCUT2D eigenvalue weighted by molar-refractivity contribution is 0.102. The minimum atomic E-state index is -0.171. The van der Waals surface area contributed by atoms with Crippen molar-refractivity contribution < 1.29 is 4.79 Å². The van der Waals surface area contributed by atoms with E-state index in [-0.39, 0.29) is 5.91 Å². The van der Waals surface area contributed by atoms with Crippen molar-refractivity contribution in [3.63, 3.8) is 0 Å². The SMILES string of the molecule is CCCCn1nc(NC(=O)c2cc(C3CC3)nc3c2c(C)nn3-c2ccccc2)cc1C. The summed E-state index contributed by atoms with van der Waals surface area (Å²) < 4.78 is 3.80. The van der Waals surface area contributed by atoms with Crippen molar-refractivity contribution in [3.8, 4) is 5.69 Å². The molecule has 0 saturated heterocycles. The molecular formula is C25H28N6O. The van der Waals surface area contributed by atoms with E-state index in [4.69, 9.17) is 10.1 Å². The average molecular weight is 429 g/mol. The number of nitrogens with one attached hydrogen (secondary N) is 1. The Balaban J connectivity index is 1.56. The zero-order valence-corrected chi connectivity index (χ0v) is 18.8. The van der Waals surface area contributed by atoms with Crippen LogP contribution in [-0.4, -0.2) is 30.5 Å². The topological polar surface area (TPSA) is 77.6 Å². The molecule has 1 saturated carbocycles. The van der Waals surface area contributed by atoms with Gasteiger partial charge < -0.3 is 5.32 Å². The molecule has 0 bridgehead atoms. The lowest BCUT2D eigenvalue weighted by atomic mass is 10.1. The van der Waals surface area contributed by atoms with Gasteiger partial charge in [0.25, 0.3) is 5.91 Å². The predicted octanol–water partition coefficient (Wildman–Crippen LogP) is 5.16. The summed E-state index contributed by atoms with van der Waals surface area (Å²) in [6.45, 7) is 6.96. The minimum absolute atomic E-state index is 0.171. The number of carbonyl (C=O) groups is 1. The molecule has 0 atom stereocenters. The fourth-order valence-corrected chi connectivity index (χ4v) is 4.11. The third-order valence-corrected chi connectivity index (χ3v) is 6.02. The molecule has 0 unspecified atom stereocenters. The van der Waals surface area contributed by atoms with Crippen LogP contribution in [0, 0.1) is 13.8 Å². The molecular weight excluding hydrogens is 400 g/mol. The Morgan fingerprint density at radius 2 is 1.91 bits per heavy atom. The number of aromatic nitrogens is 5. The van der Waals surface area contributed by atoms with Gasteiger partial charge in [-0.15, -0.1) is 0 Å². The maximum Gasteiger partial charge on any atom is 0.257 e. The molecule has 7 heteroatoms. The Kier molecular flexibility index (Phi) is 5.25. The van der Waals surface area contributed by atoms with Gasteiger partial charge >= 0.3 is 0 Å². The minimum Gasteiger partial charge on any atom is -0.305 e. The second kappa shape index (κ2) is 8.22. The summed E-state index contributed by atoms with van der Waals surface area (Å²) in [7, 11) is 0. The van der Waals surface area contributed by atoms with Gasteiger partial charge in [0.15, 0.2) is 11.5 Å². The second-order valence-corrected chi connectivity index (χ2v) is 8.60. The van der Waals surface area contributed by atoms with Crippen molar-refractivity contribution in [2.45, 2.75) is 58.9 Å². The highest BCUT2D eigenvalue weighted by atomic mass is 16.1. The van der Waals surface area contributed by atoms with E-state index in [1.165, 1.54) is 0 Å². The highest BCUT2D eigenvalue weighted by Crippen LogP contribution is 2.40. The van der Waals surface area contributed by atoms with Gasteiger partial charge in [0.2, 0.25) is 0 Å². The van der Waals surface area contributed by atoms with Gasteiger partial charge in [0.1, 0.15) is 0 Å². The van der Waals surface area contributed by atoms with Crippen molar-refractivity contribution in [2.24, 2.45) is 0 Å². The first-order valence-corrected chi connectivity index (χ1v) is 11.4. The summed E-state index contributed by atoms with van der Waals surface area (Å²) in [5.41, 5.74) is 5.06. The van der Waals surface area contributed by atoms with Crippen LogP contribution in [0.4, 0.5) is 5.82 Å². The molecule has 0 aliphatic heterocycles. The normalized spacial score (nSPS) is 13.6. The standard InChI is InChI=1S/C25H28N6O/c1-4-5-13-30-16(2)14-22(29-30)27-25(32)20-15-21(18-11-12-18)26-24-23(20)17(3)28-31(24)19-9-7-6-8-10-19/h6-10,14-15,18H,4-5,11-13H2,1-3H3,(H,27,29,32). The number of fused-ring (bicyclic) bond motifs is 1. The van der Waals surface area contributed by atoms with Crippen molar-refractivity contribution >= 4 is 22.8 Å². The molecule has 4 aromatic rings. The molecule has 1 aliphatic carbocycles. The van der Waals surface area contributed by atoms with Gasteiger partial charge in [-0.2, -0.15) is 10.2 Å². The molecule has 164 valence electrons. The van der Waals surface area contributed by atoms with Crippen LogP contribution < -0.4 is 5.32 Å². The maximum absolute atomic E-state index is 13.4. The highest BCUT2D eigenvalue weighted by Gasteiger charge is 2.29. The fourth-order valence-electron chi connectivity index (χ4n) is 4.11.